The Kier molecular flexibility index (Phi) is 4.30. The summed E-state index contributed by atoms with van der Waals surface area (Å²) in [5.41, 5.74) is 1.39. The van der Waals surface area contributed by atoms with Crippen LogP contribution in [0.25, 0.3) is 11.3 Å². The van der Waals surface area contributed by atoms with E-state index >= 15 is 0 Å². The average Bonchev–Trinajstić information content (AvgIpc) is 2.95. The van der Waals surface area contributed by atoms with E-state index in [9.17, 15) is 19.1 Å². The summed E-state index contributed by atoms with van der Waals surface area (Å²) in [6.45, 7) is 1.01. The molecule has 0 aliphatic carbocycles. The minimum Gasteiger partial charge on any atom is -0.478 e. The van der Waals surface area contributed by atoms with Gasteiger partial charge in [-0.1, -0.05) is 0 Å². The molecule has 4 heterocycles. The van der Waals surface area contributed by atoms with Crippen LogP contribution in [0.2, 0.25) is 0 Å². The molecule has 3 fully saturated rings. The Morgan fingerprint density at radius 1 is 1.15 bits per heavy atom. The number of anilines is 1. The number of hydrogen-bond acceptors (Lipinski definition) is 4. The third-order valence-corrected chi connectivity index (χ3v) is 5.51. The zero-order valence-corrected chi connectivity index (χ0v) is 14.9. The van der Waals surface area contributed by atoms with Crippen molar-refractivity contribution in [3.8, 4) is 11.3 Å². The second kappa shape index (κ2) is 6.64. The Hall–Kier alpha value is -2.96. The van der Waals surface area contributed by atoms with Crippen LogP contribution in [-0.4, -0.2) is 53.0 Å². The van der Waals surface area contributed by atoms with Crippen molar-refractivity contribution in [2.45, 2.75) is 18.9 Å². The molecule has 6 nitrogen and oxygen atoms in total. The van der Waals surface area contributed by atoms with Crippen molar-refractivity contribution < 1.29 is 19.1 Å². The van der Waals surface area contributed by atoms with Crippen molar-refractivity contribution in [2.75, 3.05) is 25.0 Å². The molecule has 140 valence electrons. The van der Waals surface area contributed by atoms with Gasteiger partial charge in [-0.15, -0.1) is 0 Å². The van der Waals surface area contributed by atoms with E-state index in [2.05, 4.69) is 4.98 Å². The molecule has 1 amide bonds. The number of carbonyl (C=O) groups is 2. The van der Waals surface area contributed by atoms with Gasteiger partial charge in [-0.05, 0) is 49.2 Å². The molecule has 2 bridgehead atoms. The fourth-order valence-corrected chi connectivity index (χ4v) is 3.97. The fourth-order valence-electron chi connectivity index (χ4n) is 3.97. The van der Waals surface area contributed by atoms with Crippen molar-refractivity contribution in [3.63, 3.8) is 0 Å². The normalized spacial score (nSPS) is 22.1. The number of carboxylic acid groups (broad SMARTS) is 1. The number of piperidine rings is 1. The minimum atomic E-state index is -1.06. The number of likely N-dealkylation sites (N-methyl/N-ethyl adjacent to an activating group) is 1. The lowest BCUT2D eigenvalue weighted by Gasteiger charge is -2.32. The van der Waals surface area contributed by atoms with E-state index in [0.717, 1.165) is 12.8 Å². The van der Waals surface area contributed by atoms with Crippen molar-refractivity contribution in [1.29, 1.82) is 0 Å². The Balaban J connectivity index is 1.76. The maximum absolute atomic E-state index is 13.2. The van der Waals surface area contributed by atoms with Gasteiger partial charge in [-0.3, -0.25) is 4.79 Å². The van der Waals surface area contributed by atoms with Gasteiger partial charge in [0.15, 0.2) is 0 Å². The number of nitrogens with zero attached hydrogens (tertiary/aromatic N) is 3. The van der Waals surface area contributed by atoms with Gasteiger partial charge in [-0.2, -0.15) is 0 Å². The molecule has 3 aliphatic heterocycles. The van der Waals surface area contributed by atoms with Crippen LogP contribution in [0.1, 0.15) is 23.2 Å². The first-order valence-corrected chi connectivity index (χ1v) is 8.96. The van der Waals surface area contributed by atoms with Crippen LogP contribution in [-0.2, 0) is 4.79 Å². The number of carboxylic acids is 1. The number of pyridine rings is 1. The molecule has 1 aromatic carbocycles. The molecule has 1 N–H and O–H groups in total. The van der Waals surface area contributed by atoms with Gasteiger partial charge in [0.2, 0.25) is 5.91 Å². The number of amides is 1. The van der Waals surface area contributed by atoms with E-state index in [1.54, 1.807) is 23.1 Å². The molecule has 1 aromatic heterocycles. The summed E-state index contributed by atoms with van der Waals surface area (Å²) in [5.74, 6) is -1.07. The van der Waals surface area contributed by atoms with Gasteiger partial charge in [-0.25, -0.2) is 14.2 Å². The molecule has 7 heteroatoms. The minimum absolute atomic E-state index is 0.0502. The molecule has 0 spiro atoms. The van der Waals surface area contributed by atoms with Crippen molar-refractivity contribution in [2.24, 2.45) is 5.92 Å². The predicted molar refractivity (Wildman–Crippen MR) is 98.1 cm³/mol. The molecule has 3 aliphatic rings. The fraction of sp³-hybridized carbons (Fsp3) is 0.350. The molecule has 5 rings (SSSR count). The molecule has 3 saturated heterocycles. The number of benzene rings is 1. The van der Waals surface area contributed by atoms with Crippen LogP contribution in [0.5, 0.6) is 0 Å². The predicted octanol–water partition coefficient (Wildman–Crippen LogP) is 2.64. The lowest BCUT2D eigenvalue weighted by Crippen LogP contribution is -2.45. The molecular weight excluding hydrogens is 349 g/mol. The highest BCUT2D eigenvalue weighted by Crippen LogP contribution is 2.32. The summed E-state index contributed by atoms with van der Waals surface area (Å²) in [7, 11) is 1.81. The summed E-state index contributed by atoms with van der Waals surface area (Å²) in [4.78, 5) is 32.5. The zero-order chi connectivity index (χ0) is 19.1. The summed E-state index contributed by atoms with van der Waals surface area (Å²) in [6.07, 6.45) is 1.72. The largest absolute Gasteiger partial charge is 0.478 e. The van der Waals surface area contributed by atoms with E-state index in [-0.39, 0.29) is 29.2 Å². The summed E-state index contributed by atoms with van der Waals surface area (Å²) in [5, 5.41) is 9.62. The number of fused-ring (bicyclic) bond motifs is 4. The summed E-state index contributed by atoms with van der Waals surface area (Å²) >= 11 is 0. The van der Waals surface area contributed by atoms with E-state index in [1.165, 1.54) is 18.2 Å². The van der Waals surface area contributed by atoms with E-state index in [1.807, 2.05) is 11.9 Å². The maximum Gasteiger partial charge on any atom is 0.339 e. The van der Waals surface area contributed by atoms with Crippen LogP contribution < -0.4 is 4.90 Å². The first-order valence-electron chi connectivity index (χ1n) is 8.96. The van der Waals surface area contributed by atoms with Crippen LogP contribution in [0, 0.1) is 11.7 Å². The van der Waals surface area contributed by atoms with E-state index in [0.29, 0.717) is 30.2 Å². The third kappa shape index (κ3) is 3.13. The third-order valence-electron chi connectivity index (χ3n) is 5.51. The van der Waals surface area contributed by atoms with Gasteiger partial charge in [0.25, 0.3) is 0 Å². The number of rotatable bonds is 3. The quantitative estimate of drug-likeness (QED) is 0.900. The molecule has 2 atom stereocenters. The van der Waals surface area contributed by atoms with Gasteiger partial charge in [0.05, 0.1) is 11.6 Å². The molecule has 27 heavy (non-hydrogen) atoms. The standard InChI is InChI=1S/C20H20FN3O3/c1-23-15-7-4-13(19(23)25)10-24(11-15)18-16(20(26)27)8-9-17(22-18)12-2-5-14(21)6-3-12/h2-3,5-6,8-9,13,15H,4,7,10-11H2,1H3,(H,26,27)/t13-,15+/m0/s1. The van der Waals surface area contributed by atoms with E-state index in [4.69, 9.17) is 0 Å². The SMILES string of the molecule is CN1C(=O)[C@H]2CC[C@@H]1CN(c1nc(-c3ccc(F)cc3)ccc1C(=O)O)C2. The van der Waals surface area contributed by atoms with Gasteiger partial charge in [0.1, 0.15) is 17.2 Å². The van der Waals surface area contributed by atoms with Crippen molar-refractivity contribution >= 4 is 17.7 Å². The summed E-state index contributed by atoms with van der Waals surface area (Å²) < 4.78 is 13.2. The lowest BCUT2D eigenvalue weighted by molar-refractivity contribution is -0.138. The first kappa shape index (κ1) is 17.5. The van der Waals surface area contributed by atoms with Crippen LogP contribution >= 0.6 is 0 Å². The number of hydrogen-bond donors (Lipinski definition) is 1. The molecule has 2 aromatic rings. The highest BCUT2D eigenvalue weighted by atomic mass is 19.1. The Labute approximate surface area is 156 Å². The van der Waals surface area contributed by atoms with Gasteiger partial charge in [0, 0.05) is 31.7 Å². The molecule has 0 unspecified atom stereocenters. The second-order valence-corrected chi connectivity index (χ2v) is 7.16. The Morgan fingerprint density at radius 3 is 2.59 bits per heavy atom. The Morgan fingerprint density at radius 2 is 1.89 bits per heavy atom. The molecule has 0 saturated carbocycles. The van der Waals surface area contributed by atoms with Crippen molar-refractivity contribution in [1.82, 2.24) is 9.88 Å². The van der Waals surface area contributed by atoms with Crippen LogP contribution in [0.15, 0.2) is 36.4 Å². The van der Waals surface area contributed by atoms with E-state index < -0.39 is 5.97 Å². The molecule has 0 radical (unpaired) electrons. The van der Waals surface area contributed by atoms with Crippen LogP contribution in [0.4, 0.5) is 10.2 Å². The number of halogens is 1. The zero-order valence-electron chi connectivity index (χ0n) is 14.9. The monoisotopic (exact) mass is 369 g/mol. The lowest BCUT2D eigenvalue weighted by atomic mass is 9.95. The van der Waals surface area contributed by atoms with Gasteiger partial charge >= 0.3 is 5.97 Å². The maximum atomic E-state index is 13.2. The molecular formula is C20H20FN3O3. The van der Waals surface area contributed by atoms with Crippen LogP contribution in [0.3, 0.4) is 0 Å². The topological polar surface area (TPSA) is 73.7 Å². The average molecular weight is 369 g/mol. The first-order chi connectivity index (χ1) is 12.9. The highest BCUT2D eigenvalue weighted by molar-refractivity contribution is 5.94. The second-order valence-electron chi connectivity index (χ2n) is 7.16. The number of carbonyl (C=O) groups excluding carboxylic acids is 1. The smallest absolute Gasteiger partial charge is 0.339 e. The number of aromatic nitrogens is 1. The van der Waals surface area contributed by atoms with Crippen molar-refractivity contribution in [3.05, 3.63) is 47.8 Å². The highest BCUT2D eigenvalue weighted by Gasteiger charge is 2.40. The van der Waals surface area contributed by atoms with Gasteiger partial charge < -0.3 is 14.9 Å². The Bertz CT molecular complexity index is 900. The number of aromatic carboxylic acids is 1. The summed E-state index contributed by atoms with van der Waals surface area (Å²) in [6, 6.07) is 9.14.